The third-order valence-corrected chi connectivity index (χ3v) is 3.30. The van der Waals surface area contributed by atoms with Gasteiger partial charge in [0.15, 0.2) is 0 Å². The average Bonchev–Trinajstić information content (AvgIpc) is 2.49. The monoisotopic (exact) mass is 287 g/mol. The van der Waals surface area contributed by atoms with Gasteiger partial charge in [-0.1, -0.05) is 6.92 Å². The molecule has 0 spiro atoms. The molecule has 2 aromatic rings. The molecule has 21 heavy (non-hydrogen) atoms. The second-order valence-electron chi connectivity index (χ2n) is 4.77. The number of hydrogen-bond acceptors (Lipinski definition) is 6. The molecule has 0 saturated heterocycles. The summed E-state index contributed by atoms with van der Waals surface area (Å²) in [6, 6.07) is 5.90. The number of benzene rings is 1. The molecule has 0 bridgehead atoms. The summed E-state index contributed by atoms with van der Waals surface area (Å²) in [4.78, 5) is 8.87. The molecule has 0 aliphatic rings. The number of hydrogen-bond donors (Lipinski definition) is 3. The Bertz CT molecular complexity index is 642. The number of nitrogen functional groups attached to an aromatic ring is 1. The second kappa shape index (κ2) is 6.41. The van der Waals surface area contributed by atoms with Crippen LogP contribution in [0.25, 0.3) is 0 Å². The molecule has 0 saturated carbocycles. The van der Waals surface area contributed by atoms with Gasteiger partial charge in [0.25, 0.3) is 0 Å². The van der Waals surface area contributed by atoms with Gasteiger partial charge in [0.2, 0.25) is 0 Å². The van der Waals surface area contributed by atoms with Crippen LogP contribution in [0.5, 0.6) is 5.75 Å². The number of aryl methyl sites for hydroxylation is 2. The predicted molar refractivity (Wildman–Crippen MR) is 85.0 cm³/mol. The molecule has 1 heterocycles. The first-order valence-electron chi connectivity index (χ1n) is 6.84. The smallest absolute Gasteiger partial charge is 0.148 e. The Balaban J connectivity index is 2.36. The Kier molecular flexibility index (Phi) is 4.59. The first kappa shape index (κ1) is 15.1. The third-order valence-electron chi connectivity index (χ3n) is 3.30. The van der Waals surface area contributed by atoms with Crippen molar-refractivity contribution >= 4 is 17.3 Å². The highest BCUT2D eigenvalue weighted by atomic mass is 16.5. The number of methoxy groups -OCH3 is 1. The largest absolute Gasteiger partial charge is 0.496 e. The minimum absolute atomic E-state index is 0.634. The topological polar surface area (TPSA) is 85.1 Å². The third kappa shape index (κ3) is 3.22. The summed E-state index contributed by atoms with van der Waals surface area (Å²) in [7, 11) is 1.66. The van der Waals surface area contributed by atoms with E-state index in [1.165, 1.54) is 0 Å². The van der Waals surface area contributed by atoms with E-state index >= 15 is 0 Å². The van der Waals surface area contributed by atoms with E-state index in [1.807, 2.05) is 39.0 Å². The molecule has 112 valence electrons. The van der Waals surface area contributed by atoms with Crippen LogP contribution in [-0.2, 0) is 6.42 Å². The van der Waals surface area contributed by atoms with Crippen molar-refractivity contribution in [2.45, 2.75) is 27.2 Å². The molecule has 0 amide bonds. The van der Waals surface area contributed by atoms with Crippen LogP contribution in [0.15, 0.2) is 18.2 Å². The second-order valence-corrected chi connectivity index (χ2v) is 4.77. The lowest BCUT2D eigenvalue weighted by Gasteiger charge is -2.14. The van der Waals surface area contributed by atoms with Crippen molar-refractivity contribution in [3.05, 3.63) is 35.2 Å². The molecular weight excluding hydrogens is 266 g/mol. The Labute approximate surface area is 124 Å². The number of nitrogens with one attached hydrogen (secondary N) is 2. The average molecular weight is 287 g/mol. The van der Waals surface area contributed by atoms with Crippen molar-refractivity contribution in [2.24, 2.45) is 5.84 Å². The first-order chi connectivity index (χ1) is 10.1. The summed E-state index contributed by atoms with van der Waals surface area (Å²) in [5.74, 6) is 8.49. The van der Waals surface area contributed by atoms with Crippen LogP contribution in [0.4, 0.5) is 17.3 Å². The van der Waals surface area contributed by atoms with Gasteiger partial charge in [0.05, 0.1) is 7.11 Å². The van der Waals surface area contributed by atoms with Crippen LogP contribution in [-0.4, -0.2) is 17.1 Å². The number of hydrazine groups is 1. The van der Waals surface area contributed by atoms with Gasteiger partial charge in [0, 0.05) is 17.7 Å². The van der Waals surface area contributed by atoms with Crippen LogP contribution < -0.4 is 21.3 Å². The highest BCUT2D eigenvalue weighted by Gasteiger charge is 2.10. The summed E-state index contributed by atoms with van der Waals surface area (Å²) in [6.07, 6.45) is 0.741. The van der Waals surface area contributed by atoms with Gasteiger partial charge in [-0.3, -0.25) is 0 Å². The van der Waals surface area contributed by atoms with E-state index in [0.717, 1.165) is 40.6 Å². The van der Waals surface area contributed by atoms with E-state index in [2.05, 4.69) is 20.7 Å². The fraction of sp³-hybridized carbons (Fsp3) is 0.333. The molecule has 0 aliphatic heterocycles. The zero-order valence-corrected chi connectivity index (χ0v) is 12.8. The molecule has 0 radical (unpaired) electrons. The SMILES string of the molecule is CCc1nc(NN)c(C)c(Nc2ccc(OC)c(C)c2)n1. The Morgan fingerprint density at radius 1 is 1.19 bits per heavy atom. The molecule has 2 rings (SSSR count). The van der Waals surface area contributed by atoms with E-state index in [4.69, 9.17) is 10.6 Å². The molecule has 0 fully saturated rings. The Morgan fingerprint density at radius 3 is 2.48 bits per heavy atom. The number of aromatic nitrogens is 2. The molecular formula is C15H21N5O. The van der Waals surface area contributed by atoms with Gasteiger partial charge in [0.1, 0.15) is 23.2 Å². The Hall–Kier alpha value is -2.34. The van der Waals surface area contributed by atoms with Gasteiger partial charge in [-0.05, 0) is 37.6 Å². The number of nitrogens with zero attached hydrogens (tertiary/aromatic N) is 2. The van der Waals surface area contributed by atoms with Gasteiger partial charge in [-0.15, -0.1) is 0 Å². The predicted octanol–water partition coefficient (Wildman–Crippen LogP) is 2.69. The fourth-order valence-electron chi connectivity index (χ4n) is 2.08. The minimum atomic E-state index is 0.634. The molecule has 1 aromatic carbocycles. The summed E-state index contributed by atoms with van der Waals surface area (Å²) in [6.45, 7) is 5.93. The van der Waals surface area contributed by atoms with E-state index in [0.29, 0.717) is 5.82 Å². The zero-order chi connectivity index (χ0) is 15.4. The standard InChI is InChI=1S/C15H21N5O/c1-5-13-18-14(10(3)15(19-13)20-16)17-11-6-7-12(21-4)9(2)8-11/h6-8H,5,16H2,1-4H3,(H2,17,18,19,20). The molecule has 1 aromatic heterocycles. The molecule has 6 heteroatoms. The van der Waals surface area contributed by atoms with E-state index in [-0.39, 0.29) is 0 Å². The van der Waals surface area contributed by atoms with E-state index < -0.39 is 0 Å². The summed E-state index contributed by atoms with van der Waals surface area (Å²) in [5.41, 5.74) is 5.49. The number of nitrogens with two attached hydrogens (primary N) is 1. The van der Waals surface area contributed by atoms with E-state index in [9.17, 15) is 0 Å². The van der Waals surface area contributed by atoms with Crippen LogP contribution >= 0.6 is 0 Å². The zero-order valence-electron chi connectivity index (χ0n) is 12.8. The van der Waals surface area contributed by atoms with Crippen molar-refractivity contribution < 1.29 is 4.74 Å². The van der Waals surface area contributed by atoms with Crippen molar-refractivity contribution in [1.29, 1.82) is 0 Å². The lowest BCUT2D eigenvalue weighted by molar-refractivity contribution is 0.412. The molecule has 4 N–H and O–H groups in total. The van der Waals surface area contributed by atoms with E-state index in [1.54, 1.807) is 7.11 Å². The first-order valence-corrected chi connectivity index (χ1v) is 6.84. The molecule has 6 nitrogen and oxygen atoms in total. The summed E-state index contributed by atoms with van der Waals surface area (Å²) in [5, 5.41) is 3.31. The van der Waals surface area contributed by atoms with Gasteiger partial charge in [-0.2, -0.15) is 0 Å². The maximum atomic E-state index is 5.51. The molecule has 0 unspecified atom stereocenters. The van der Waals surface area contributed by atoms with Gasteiger partial charge in [-0.25, -0.2) is 15.8 Å². The van der Waals surface area contributed by atoms with Gasteiger partial charge < -0.3 is 15.5 Å². The fourth-order valence-corrected chi connectivity index (χ4v) is 2.08. The quantitative estimate of drug-likeness (QED) is 0.579. The number of ether oxygens (including phenoxy) is 1. The van der Waals surface area contributed by atoms with Crippen LogP contribution in [0, 0.1) is 13.8 Å². The Morgan fingerprint density at radius 2 is 1.90 bits per heavy atom. The van der Waals surface area contributed by atoms with Crippen molar-refractivity contribution in [3.63, 3.8) is 0 Å². The lowest BCUT2D eigenvalue weighted by Crippen LogP contribution is -2.13. The highest BCUT2D eigenvalue weighted by molar-refractivity contribution is 5.65. The van der Waals surface area contributed by atoms with Crippen molar-refractivity contribution in [1.82, 2.24) is 9.97 Å². The van der Waals surface area contributed by atoms with Crippen molar-refractivity contribution in [2.75, 3.05) is 17.9 Å². The summed E-state index contributed by atoms with van der Waals surface area (Å²) >= 11 is 0. The number of rotatable bonds is 5. The lowest BCUT2D eigenvalue weighted by atomic mass is 10.2. The highest BCUT2D eigenvalue weighted by Crippen LogP contribution is 2.26. The number of anilines is 3. The molecule has 0 aliphatic carbocycles. The van der Waals surface area contributed by atoms with Crippen molar-refractivity contribution in [3.8, 4) is 5.75 Å². The van der Waals surface area contributed by atoms with Crippen LogP contribution in [0.2, 0.25) is 0 Å². The minimum Gasteiger partial charge on any atom is -0.496 e. The molecule has 0 atom stereocenters. The maximum absolute atomic E-state index is 5.51. The summed E-state index contributed by atoms with van der Waals surface area (Å²) < 4.78 is 5.27. The van der Waals surface area contributed by atoms with Crippen LogP contribution in [0.3, 0.4) is 0 Å². The normalized spacial score (nSPS) is 10.3. The maximum Gasteiger partial charge on any atom is 0.148 e. The van der Waals surface area contributed by atoms with Gasteiger partial charge >= 0.3 is 0 Å². The van der Waals surface area contributed by atoms with Crippen LogP contribution in [0.1, 0.15) is 23.9 Å².